The van der Waals surface area contributed by atoms with Crippen LogP contribution in [-0.4, -0.2) is 32.6 Å². The van der Waals surface area contributed by atoms with E-state index >= 15 is 0 Å². The SMILES string of the molecule is Cn1c(SCC(=O)NN=Cc2cccc3ccccc23)nnc1-c1ccc(Br)cc1. The van der Waals surface area contributed by atoms with E-state index in [0.29, 0.717) is 5.16 Å². The summed E-state index contributed by atoms with van der Waals surface area (Å²) in [5.41, 5.74) is 4.49. The number of carbonyl (C=O) groups is 1. The molecule has 3 aromatic carbocycles. The van der Waals surface area contributed by atoms with Crippen LogP contribution >= 0.6 is 27.7 Å². The molecular formula is C22H18BrN5OS. The molecule has 0 atom stereocenters. The van der Waals surface area contributed by atoms with Crippen molar-refractivity contribution in [2.75, 3.05) is 5.75 Å². The summed E-state index contributed by atoms with van der Waals surface area (Å²) < 4.78 is 2.88. The third-order valence-corrected chi connectivity index (χ3v) is 6.03. The lowest BCUT2D eigenvalue weighted by Crippen LogP contribution is -2.19. The van der Waals surface area contributed by atoms with E-state index in [1.54, 1.807) is 6.21 Å². The standard InChI is InChI=1S/C22H18BrN5OS/c1-28-21(16-9-11-18(23)12-10-16)26-27-22(28)30-14-20(29)25-24-13-17-7-4-6-15-5-2-3-8-19(15)17/h2-13H,14H2,1H3,(H,25,29). The highest BCUT2D eigenvalue weighted by Gasteiger charge is 2.12. The first-order chi connectivity index (χ1) is 14.6. The van der Waals surface area contributed by atoms with E-state index in [0.717, 1.165) is 32.2 Å². The molecule has 6 nitrogen and oxygen atoms in total. The molecule has 4 aromatic rings. The molecule has 30 heavy (non-hydrogen) atoms. The quantitative estimate of drug-likeness (QED) is 0.248. The third kappa shape index (κ3) is 4.60. The van der Waals surface area contributed by atoms with Gasteiger partial charge in [0, 0.05) is 22.6 Å². The number of hydrogen-bond acceptors (Lipinski definition) is 5. The van der Waals surface area contributed by atoms with Gasteiger partial charge in [-0.25, -0.2) is 5.43 Å². The van der Waals surface area contributed by atoms with Crippen molar-refractivity contribution >= 4 is 50.6 Å². The Balaban J connectivity index is 1.36. The number of thioether (sulfide) groups is 1. The molecule has 0 aliphatic heterocycles. The van der Waals surface area contributed by atoms with Crippen LogP contribution in [0.15, 0.2) is 81.5 Å². The van der Waals surface area contributed by atoms with Gasteiger partial charge in [-0.2, -0.15) is 5.10 Å². The first-order valence-corrected chi connectivity index (χ1v) is 11.0. The second-order valence-electron chi connectivity index (χ2n) is 6.52. The Bertz CT molecular complexity index is 1210. The summed E-state index contributed by atoms with van der Waals surface area (Å²) in [6.45, 7) is 0. The molecule has 0 radical (unpaired) electrons. The van der Waals surface area contributed by atoms with Crippen molar-refractivity contribution in [3.8, 4) is 11.4 Å². The maximum atomic E-state index is 12.2. The summed E-state index contributed by atoms with van der Waals surface area (Å²) in [5, 5.41) is 15.4. The molecule has 1 aromatic heterocycles. The topological polar surface area (TPSA) is 72.2 Å². The number of hydrogen-bond donors (Lipinski definition) is 1. The van der Waals surface area contributed by atoms with Crippen LogP contribution in [0.25, 0.3) is 22.2 Å². The Labute approximate surface area is 186 Å². The van der Waals surface area contributed by atoms with E-state index in [4.69, 9.17) is 0 Å². The summed E-state index contributed by atoms with van der Waals surface area (Å²) >= 11 is 4.74. The van der Waals surface area contributed by atoms with Crippen LogP contribution in [0.4, 0.5) is 0 Å². The van der Waals surface area contributed by atoms with E-state index in [2.05, 4.69) is 36.7 Å². The van der Waals surface area contributed by atoms with Crippen molar-refractivity contribution in [2.24, 2.45) is 12.1 Å². The monoisotopic (exact) mass is 479 g/mol. The van der Waals surface area contributed by atoms with Crippen LogP contribution in [0.1, 0.15) is 5.56 Å². The van der Waals surface area contributed by atoms with Gasteiger partial charge in [-0.1, -0.05) is 82.3 Å². The molecule has 4 rings (SSSR count). The molecule has 8 heteroatoms. The largest absolute Gasteiger partial charge is 0.305 e. The lowest BCUT2D eigenvalue weighted by atomic mass is 10.1. The van der Waals surface area contributed by atoms with Gasteiger partial charge in [0.25, 0.3) is 5.91 Å². The van der Waals surface area contributed by atoms with Crippen molar-refractivity contribution in [2.45, 2.75) is 5.16 Å². The van der Waals surface area contributed by atoms with Crippen LogP contribution < -0.4 is 5.43 Å². The maximum Gasteiger partial charge on any atom is 0.250 e. The van der Waals surface area contributed by atoms with E-state index in [9.17, 15) is 4.79 Å². The van der Waals surface area contributed by atoms with Crippen LogP contribution in [0, 0.1) is 0 Å². The average molecular weight is 480 g/mol. The van der Waals surface area contributed by atoms with Crippen molar-refractivity contribution < 1.29 is 4.79 Å². The zero-order valence-corrected chi connectivity index (χ0v) is 18.5. The summed E-state index contributed by atoms with van der Waals surface area (Å²) in [6.07, 6.45) is 1.67. The molecule has 0 saturated heterocycles. The molecule has 0 unspecified atom stereocenters. The zero-order chi connectivity index (χ0) is 20.9. The van der Waals surface area contributed by atoms with E-state index in [1.165, 1.54) is 11.8 Å². The van der Waals surface area contributed by atoms with Crippen LogP contribution in [-0.2, 0) is 11.8 Å². The number of hydrazone groups is 1. The fourth-order valence-electron chi connectivity index (χ4n) is 2.99. The van der Waals surface area contributed by atoms with E-state index in [-0.39, 0.29) is 11.7 Å². The number of fused-ring (bicyclic) bond motifs is 1. The van der Waals surface area contributed by atoms with Gasteiger partial charge in [0.2, 0.25) is 0 Å². The second kappa shape index (κ2) is 9.23. The number of aromatic nitrogens is 3. The molecule has 0 bridgehead atoms. The molecule has 0 aliphatic carbocycles. The number of benzene rings is 3. The van der Waals surface area contributed by atoms with Gasteiger partial charge in [0.1, 0.15) is 0 Å². The van der Waals surface area contributed by atoms with E-state index < -0.39 is 0 Å². The van der Waals surface area contributed by atoms with E-state index in [1.807, 2.05) is 78.3 Å². The number of nitrogens with zero attached hydrogens (tertiary/aromatic N) is 4. The molecule has 0 saturated carbocycles. The average Bonchev–Trinajstić information content (AvgIpc) is 3.13. The molecule has 0 spiro atoms. The normalized spacial score (nSPS) is 11.3. The Morgan fingerprint density at radius 3 is 2.70 bits per heavy atom. The van der Waals surface area contributed by atoms with Gasteiger partial charge in [-0.15, -0.1) is 10.2 Å². The van der Waals surface area contributed by atoms with Crippen LogP contribution in [0.5, 0.6) is 0 Å². The molecule has 150 valence electrons. The third-order valence-electron chi connectivity index (χ3n) is 4.49. The highest BCUT2D eigenvalue weighted by Crippen LogP contribution is 2.24. The number of amides is 1. The molecule has 1 amide bonds. The van der Waals surface area contributed by atoms with Gasteiger partial charge in [-0.3, -0.25) is 4.79 Å². The Morgan fingerprint density at radius 2 is 1.87 bits per heavy atom. The van der Waals surface area contributed by atoms with Gasteiger partial charge in [-0.05, 0) is 22.9 Å². The predicted octanol–water partition coefficient (Wildman–Crippen LogP) is 4.64. The summed E-state index contributed by atoms with van der Waals surface area (Å²) in [7, 11) is 1.89. The van der Waals surface area contributed by atoms with Gasteiger partial charge in [0.15, 0.2) is 11.0 Å². The van der Waals surface area contributed by atoms with Crippen molar-refractivity contribution in [1.29, 1.82) is 0 Å². The number of nitrogens with one attached hydrogen (secondary N) is 1. The molecule has 0 fully saturated rings. The number of halogens is 1. The minimum absolute atomic E-state index is 0.194. The molecule has 1 heterocycles. The lowest BCUT2D eigenvalue weighted by molar-refractivity contribution is -0.118. The second-order valence-corrected chi connectivity index (χ2v) is 8.38. The number of rotatable bonds is 6. The minimum Gasteiger partial charge on any atom is -0.305 e. The predicted molar refractivity (Wildman–Crippen MR) is 125 cm³/mol. The first-order valence-electron chi connectivity index (χ1n) is 9.19. The van der Waals surface area contributed by atoms with Crippen molar-refractivity contribution in [3.63, 3.8) is 0 Å². The van der Waals surface area contributed by atoms with Gasteiger partial charge in [0.05, 0.1) is 12.0 Å². The minimum atomic E-state index is -0.204. The fraction of sp³-hybridized carbons (Fsp3) is 0.0909. The summed E-state index contributed by atoms with van der Waals surface area (Å²) in [4.78, 5) is 12.2. The van der Waals surface area contributed by atoms with Crippen molar-refractivity contribution in [1.82, 2.24) is 20.2 Å². The highest BCUT2D eigenvalue weighted by atomic mass is 79.9. The van der Waals surface area contributed by atoms with Gasteiger partial charge < -0.3 is 4.57 Å². The van der Waals surface area contributed by atoms with Crippen LogP contribution in [0.2, 0.25) is 0 Å². The number of carbonyl (C=O) groups excluding carboxylic acids is 1. The van der Waals surface area contributed by atoms with Crippen molar-refractivity contribution in [3.05, 3.63) is 76.8 Å². The zero-order valence-electron chi connectivity index (χ0n) is 16.1. The summed E-state index contributed by atoms with van der Waals surface area (Å²) in [6, 6.07) is 21.9. The fourth-order valence-corrected chi connectivity index (χ4v) is 3.96. The molecule has 1 N–H and O–H groups in total. The first kappa shape index (κ1) is 20.3. The highest BCUT2D eigenvalue weighted by molar-refractivity contribution is 9.10. The maximum absolute atomic E-state index is 12.2. The van der Waals surface area contributed by atoms with Gasteiger partial charge >= 0.3 is 0 Å². The Kier molecular flexibility index (Phi) is 6.25. The molecule has 0 aliphatic rings. The Hall–Kier alpha value is -2.97. The smallest absolute Gasteiger partial charge is 0.250 e. The Morgan fingerprint density at radius 1 is 1.10 bits per heavy atom. The lowest BCUT2D eigenvalue weighted by Gasteiger charge is -2.04. The van der Waals surface area contributed by atoms with Crippen LogP contribution in [0.3, 0.4) is 0 Å². The molecular weight excluding hydrogens is 462 g/mol. The summed E-state index contributed by atoms with van der Waals surface area (Å²) in [5.74, 6) is 0.739.